The van der Waals surface area contributed by atoms with Crippen molar-refractivity contribution < 1.29 is 4.79 Å². The molecular weight excluding hydrogens is 350 g/mol. The first-order valence-electron chi connectivity index (χ1n) is 7.97. The van der Waals surface area contributed by atoms with Crippen molar-refractivity contribution in [2.24, 2.45) is 0 Å². The van der Waals surface area contributed by atoms with Crippen molar-refractivity contribution in [3.05, 3.63) is 77.2 Å². The number of pyridine rings is 2. The smallest absolute Gasteiger partial charge is 0.259 e. The van der Waals surface area contributed by atoms with E-state index in [-0.39, 0.29) is 11.5 Å². The third-order valence-corrected chi connectivity index (χ3v) is 4.35. The third-order valence-electron chi connectivity index (χ3n) is 3.96. The number of aryl methyl sites for hydroxylation is 1. The molecule has 0 spiro atoms. The SMILES string of the molecule is Cc1nn(-c2ccccc2)c2ncc(C(=O)Nc3ccccn3)c(Cl)c12. The number of amides is 1. The van der Waals surface area contributed by atoms with Crippen LogP contribution >= 0.6 is 11.6 Å². The van der Waals surface area contributed by atoms with Gasteiger partial charge in [-0.05, 0) is 31.2 Å². The molecule has 0 aliphatic rings. The van der Waals surface area contributed by atoms with Gasteiger partial charge in [0.2, 0.25) is 0 Å². The maximum atomic E-state index is 12.6. The van der Waals surface area contributed by atoms with Gasteiger partial charge in [0.1, 0.15) is 5.82 Å². The maximum Gasteiger partial charge on any atom is 0.259 e. The Balaban J connectivity index is 1.78. The van der Waals surface area contributed by atoms with Crippen LogP contribution in [0.25, 0.3) is 16.7 Å². The molecule has 0 saturated heterocycles. The second kappa shape index (κ2) is 6.57. The van der Waals surface area contributed by atoms with Gasteiger partial charge in [-0.1, -0.05) is 35.9 Å². The summed E-state index contributed by atoms with van der Waals surface area (Å²) in [6, 6.07) is 14.9. The number of benzene rings is 1. The van der Waals surface area contributed by atoms with E-state index >= 15 is 0 Å². The van der Waals surface area contributed by atoms with Crippen LogP contribution in [0, 0.1) is 6.92 Å². The summed E-state index contributed by atoms with van der Waals surface area (Å²) in [6.07, 6.45) is 3.07. The quantitative estimate of drug-likeness (QED) is 0.596. The Morgan fingerprint density at radius 3 is 2.58 bits per heavy atom. The van der Waals surface area contributed by atoms with Crippen LogP contribution < -0.4 is 5.32 Å². The number of carbonyl (C=O) groups is 1. The number of nitrogens with zero attached hydrogens (tertiary/aromatic N) is 4. The molecule has 26 heavy (non-hydrogen) atoms. The standard InChI is InChI=1S/C19H14ClN5O/c1-12-16-17(20)14(19(26)23-15-9-5-6-10-21-15)11-22-18(16)25(24-12)13-7-3-2-4-8-13/h2-11H,1H3,(H,21,23,26). The summed E-state index contributed by atoms with van der Waals surface area (Å²) in [5.41, 5.74) is 2.46. The van der Waals surface area contributed by atoms with Gasteiger partial charge < -0.3 is 5.32 Å². The molecule has 4 rings (SSSR count). The van der Waals surface area contributed by atoms with Crippen molar-refractivity contribution in [1.29, 1.82) is 0 Å². The predicted octanol–water partition coefficient (Wildman–Crippen LogP) is 4.03. The van der Waals surface area contributed by atoms with Gasteiger partial charge in [0.25, 0.3) is 5.91 Å². The summed E-state index contributed by atoms with van der Waals surface area (Å²) in [5, 5.41) is 8.23. The van der Waals surface area contributed by atoms with Crippen molar-refractivity contribution in [2.45, 2.75) is 6.92 Å². The minimum absolute atomic E-state index is 0.278. The van der Waals surface area contributed by atoms with Crippen LogP contribution in [0.15, 0.2) is 60.9 Å². The van der Waals surface area contributed by atoms with Gasteiger partial charge >= 0.3 is 0 Å². The van der Waals surface area contributed by atoms with Crippen LogP contribution in [0.5, 0.6) is 0 Å². The van der Waals surface area contributed by atoms with E-state index in [0.29, 0.717) is 27.6 Å². The fraction of sp³-hybridized carbons (Fsp3) is 0.0526. The molecule has 1 aromatic carbocycles. The molecule has 0 aliphatic carbocycles. The van der Waals surface area contributed by atoms with Crippen molar-refractivity contribution in [3.8, 4) is 5.69 Å². The molecule has 3 heterocycles. The number of rotatable bonds is 3. The first-order chi connectivity index (χ1) is 12.6. The van der Waals surface area contributed by atoms with Gasteiger partial charge in [-0.15, -0.1) is 0 Å². The Labute approximate surface area is 154 Å². The zero-order valence-corrected chi connectivity index (χ0v) is 14.6. The van der Waals surface area contributed by atoms with E-state index < -0.39 is 0 Å². The van der Waals surface area contributed by atoms with E-state index in [9.17, 15) is 4.79 Å². The van der Waals surface area contributed by atoms with Crippen molar-refractivity contribution >= 4 is 34.4 Å². The molecule has 0 fully saturated rings. The molecule has 1 N–H and O–H groups in total. The lowest BCUT2D eigenvalue weighted by Gasteiger charge is -2.07. The Morgan fingerprint density at radius 1 is 1.08 bits per heavy atom. The van der Waals surface area contributed by atoms with E-state index in [4.69, 9.17) is 11.6 Å². The molecule has 4 aromatic rings. The Bertz CT molecular complexity index is 1090. The average Bonchev–Trinajstić information content (AvgIpc) is 3.01. The van der Waals surface area contributed by atoms with Gasteiger partial charge in [-0.2, -0.15) is 5.10 Å². The summed E-state index contributed by atoms with van der Waals surface area (Å²) in [4.78, 5) is 21.1. The number of anilines is 1. The monoisotopic (exact) mass is 363 g/mol. The number of para-hydroxylation sites is 1. The largest absolute Gasteiger partial charge is 0.306 e. The van der Waals surface area contributed by atoms with Crippen LogP contribution in [-0.4, -0.2) is 25.7 Å². The number of nitrogens with one attached hydrogen (secondary N) is 1. The average molecular weight is 364 g/mol. The second-order valence-corrected chi connectivity index (χ2v) is 6.06. The number of hydrogen-bond donors (Lipinski definition) is 1. The Kier molecular flexibility index (Phi) is 4.10. The summed E-state index contributed by atoms with van der Waals surface area (Å²) in [7, 11) is 0. The lowest BCUT2D eigenvalue weighted by Crippen LogP contribution is -2.14. The molecule has 0 unspecified atom stereocenters. The summed E-state index contributed by atoms with van der Waals surface area (Å²) in [6.45, 7) is 1.84. The van der Waals surface area contributed by atoms with E-state index in [1.165, 1.54) is 6.20 Å². The molecule has 0 radical (unpaired) electrons. The Morgan fingerprint density at radius 2 is 1.85 bits per heavy atom. The fourth-order valence-corrected chi connectivity index (χ4v) is 3.09. The summed E-state index contributed by atoms with van der Waals surface area (Å²) in [5.74, 6) is 0.0836. The minimum atomic E-state index is -0.366. The second-order valence-electron chi connectivity index (χ2n) is 5.69. The topological polar surface area (TPSA) is 72.7 Å². The molecule has 0 saturated carbocycles. The van der Waals surface area contributed by atoms with E-state index in [2.05, 4.69) is 20.4 Å². The molecular formula is C19H14ClN5O. The number of aromatic nitrogens is 4. The van der Waals surface area contributed by atoms with Gasteiger partial charge in [-0.3, -0.25) is 4.79 Å². The number of fused-ring (bicyclic) bond motifs is 1. The van der Waals surface area contributed by atoms with Gasteiger partial charge in [0, 0.05) is 12.4 Å². The van der Waals surface area contributed by atoms with E-state index in [0.717, 1.165) is 5.69 Å². The highest BCUT2D eigenvalue weighted by Crippen LogP contribution is 2.30. The first-order valence-corrected chi connectivity index (χ1v) is 8.34. The summed E-state index contributed by atoms with van der Waals surface area (Å²) < 4.78 is 1.72. The first kappa shape index (κ1) is 16.2. The molecule has 128 valence electrons. The highest BCUT2D eigenvalue weighted by molar-refractivity contribution is 6.39. The van der Waals surface area contributed by atoms with Gasteiger partial charge in [0.15, 0.2) is 5.65 Å². The predicted molar refractivity (Wildman–Crippen MR) is 101 cm³/mol. The maximum absolute atomic E-state index is 12.6. The van der Waals surface area contributed by atoms with Crippen molar-refractivity contribution in [1.82, 2.24) is 19.7 Å². The Hall–Kier alpha value is -3.25. The van der Waals surface area contributed by atoms with Crippen LogP contribution in [0.3, 0.4) is 0 Å². The summed E-state index contributed by atoms with van der Waals surface area (Å²) >= 11 is 6.53. The van der Waals surface area contributed by atoms with E-state index in [1.807, 2.05) is 37.3 Å². The molecule has 7 heteroatoms. The van der Waals surface area contributed by atoms with Crippen LogP contribution in [0.1, 0.15) is 16.1 Å². The van der Waals surface area contributed by atoms with Crippen LogP contribution in [0.2, 0.25) is 5.02 Å². The van der Waals surface area contributed by atoms with Crippen LogP contribution in [0.4, 0.5) is 5.82 Å². The minimum Gasteiger partial charge on any atom is -0.306 e. The van der Waals surface area contributed by atoms with E-state index in [1.54, 1.807) is 29.1 Å². The lowest BCUT2D eigenvalue weighted by molar-refractivity contribution is 0.102. The van der Waals surface area contributed by atoms with Crippen LogP contribution in [-0.2, 0) is 0 Å². The fourth-order valence-electron chi connectivity index (χ4n) is 2.74. The van der Waals surface area contributed by atoms with Crippen molar-refractivity contribution in [3.63, 3.8) is 0 Å². The third kappa shape index (κ3) is 2.80. The van der Waals surface area contributed by atoms with Gasteiger partial charge in [-0.25, -0.2) is 14.6 Å². The molecule has 1 amide bonds. The lowest BCUT2D eigenvalue weighted by atomic mass is 10.2. The normalized spacial score (nSPS) is 10.8. The zero-order chi connectivity index (χ0) is 18.1. The van der Waals surface area contributed by atoms with Gasteiger partial charge in [0.05, 0.1) is 27.4 Å². The number of carbonyl (C=O) groups excluding carboxylic acids is 1. The number of hydrogen-bond acceptors (Lipinski definition) is 4. The molecule has 0 aliphatic heterocycles. The van der Waals surface area contributed by atoms with Crippen molar-refractivity contribution in [2.75, 3.05) is 5.32 Å². The highest BCUT2D eigenvalue weighted by Gasteiger charge is 2.20. The highest BCUT2D eigenvalue weighted by atomic mass is 35.5. The molecule has 6 nitrogen and oxygen atoms in total. The molecule has 0 bridgehead atoms. The molecule has 0 atom stereocenters. The molecule has 3 aromatic heterocycles. The number of halogens is 1. The zero-order valence-electron chi connectivity index (χ0n) is 13.8.